The Bertz CT molecular complexity index is 618. The molecule has 2 atom stereocenters. The Morgan fingerprint density at radius 3 is 2.78 bits per heavy atom. The first-order valence-corrected chi connectivity index (χ1v) is 8.41. The van der Waals surface area contributed by atoms with Crippen molar-refractivity contribution in [3.63, 3.8) is 0 Å². The number of H-pyrrole nitrogens is 1. The largest absolute Gasteiger partial charge is 0.490 e. The second kappa shape index (κ2) is 7.34. The van der Waals surface area contributed by atoms with Crippen LogP contribution in [0.2, 0.25) is 0 Å². The van der Waals surface area contributed by atoms with Crippen LogP contribution in [0.25, 0.3) is 10.9 Å². The number of rotatable bonds is 6. The number of nitrogens with zero attached hydrogens (tertiary/aromatic N) is 1. The summed E-state index contributed by atoms with van der Waals surface area (Å²) in [5.41, 5.74) is 1.04. The third-order valence-electron chi connectivity index (χ3n) is 4.77. The van der Waals surface area contributed by atoms with Crippen molar-refractivity contribution in [2.75, 3.05) is 26.2 Å². The van der Waals surface area contributed by atoms with Crippen LogP contribution in [-0.2, 0) is 0 Å². The van der Waals surface area contributed by atoms with Gasteiger partial charge in [-0.3, -0.25) is 0 Å². The van der Waals surface area contributed by atoms with E-state index in [-0.39, 0.29) is 6.10 Å². The zero-order valence-electron chi connectivity index (χ0n) is 13.6. The van der Waals surface area contributed by atoms with Gasteiger partial charge < -0.3 is 24.8 Å². The zero-order chi connectivity index (χ0) is 16.2. The normalized spacial score (nSPS) is 19.8. The number of aromatic nitrogens is 1. The van der Waals surface area contributed by atoms with E-state index in [1.54, 1.807) is 0 Å². The van der Waals surface area contributed by atoms with E-state index in [0.717, 1.165) is 42.6 Å². The summed E-state index contributed by atoms with van der Waals surface area (Å²) < 4.78 is 5.80. The van der Waals surface area contributed by atoms with Crippen molar-refractivity contribution in [1.29, 1.82) is 0 Å². The maximum Gasteiger partial charge on any atom is 0.128 e. The number of aliphatic hydroxyl groups is 2. The molecule has 0 spiro atoms. The summed E-state index contributed by atoms with van der Waals surface area (Å²) in [7, 11) is 0. The van der Waals surface area contributed by atoms with Crippen molar-refractivity contribution in [1.82, 2.24) is 9.88 Å². The van der Waals surface area contributed by atoms with E-state index in [4.69, 9.17) is 4.74 Å². The third-order valence-corrected chi connectivity index (χ3v) is 4.77. The van der Waals surface area contributed by atoms with Gasteiger partial charge in [0.15, 0.2) is 0 Å². The fourth-order valence-electron chi connectivity index (χ4n) is 3.34. The van der Waals surface area contributed by atoms with Crippen LogP contribution in [0, 0.1) is 5.92 Å². The fourth-order valence-corrected chi connectivity index (χ4v) is 3.34. The molecule has 23 heavy (non-hydrogen) atoms. The first-order chi connectivity index (χ1) is 11.1. The van der Waals surface area contributed by atoms with Crippen molar-refractivity contribution in [2.45, 2.75) is 32.0 Å². The van der Waals surface area contributed by atoms with Gasteiger partial charge in [0, 0.05) is 23.6 Å². The number of piperidine rings is 1. The summed E-state index contributed by atoms with van der Waals surface area (Å²) >= 11 is 0. The van der Waals surface area contributed by atoms with E-state index in [9.17, 15) is 10.2 Å². The molecule has 0 amide bonds. The molecule has 1 aliphatic heterocycles. The highest BCUT2D eigenvalue weighted by Crippen LogP contribution is 2.25. The number of hydrogen-bond acceptors (Lipinski definition) is 4. The summed E-state index contributed by atoms with van der Waals surface area (Å²) in [5, 5.41) is 20.9. The van der Waals surface area contributed by atoms with Gasteiger partial charge in [-0.25, -0.2) is 0 Å². The van der Waals surface area contributed by atoms with Gasteiger partial charge in [-0.15, -0.1) is 0 Å². The van der Waals surface area contributed by atoms with E-state index >= 15 is 0 Å². The smallest absolute Gasteiger partial charge is 0.128 e. The van der Waals surface area contributed by atoms with Gasteiger partial charge in [0.25, 0.3) is 0 Å². The topological polar surface area (TPSA) is 68.7 Å². The van der Waals surface area contributed by atoms with E-state index in [1.165, 1.54) is 0 Å². The Balaban J connectivity index is 1.47. The number of aliphatic hydroxyl groups excluding tert-OH is 2. The molecule has 5 heteroatoms. The highest BCUT2D eigenvalue weighted by molar-refractivity contribution is 5.85. The first-order valence-electron chi connectivity index (χ1n) is 8.41. The molecular formula is C18H26N2O3. The summed E-state index contributed by atoms with van der Waals surface area (Å²) in [6.45, 7) is 4.64. The minimum absolute atomic E-state index is 0.229. The summed E-state index contributed by atoms with van der Waals surface area (Å²) in [4.78, 5) is 5.41. The highest BCUT2D eigenvalue weighted by atomic mass is 16.5. The molecule has 0 bridgehead atoms. The maximum absolute atomic E-state index is 10.2. The summed E-state index contributed by atoms with van der Waals surface area (Å²) in [6, 6.07) is 7.86. The quantitative estimate of drug-likeness (QED) is 0.762. The lowest BCUT2D eigenvalue weighted by molar-refractivity contribution is 0.0338. The van der Waals surface area contributed by atoms with Crippen molar-refractivity contribution >= 4 is 10.9 Å². The second-order valence-corrected chi connectivity index (χ2v) is 6.54. The fraction of sp³-hybridized carbons (Fsp3) is 0.556. The van der Waals surface area contributed by atoms with Crippen molar-refractivity contribution in [2.24, 2.45) is 5.92 Å². The van der Waals surface area contributed by atoms with Gasteiger partial charge in [-0.05, 0) is 57.0 Å². The predicted molar refractivity (Wildman–Crippen MR) is 90.6 cm³/mol. The lowest BCUT2D eigenvalue weighted by Gasteiger charge is -2.34. The monoisotopic (exact) mass is 318 g/mol. The molecule has 3 rings (SSSR count). The Kier molecular flexibility index (Phi) is 5.20. The SMILES string of the molecule is CC(O)C1CCN(CC(O)COc2cccc3[nH]ccc23)CC1. The number of ether oxygens (including phenoxy) is 1. The molecule has 5 nitrogen and oxygen atoms in total. The molecule has 2 unspecified atom stereocenters. The number of hydrogen-bond donors (Lipinski definition) is 3. The van der Waals surface area contributed by atoms with E-state index < -0.39 is 6.10 Å². The molecule has 1 aromatic carbocycles. The molecule has 1 aromatic heterocycles. The summed E-state index contributed by atoms with van der Waals surface area (Å²) in [6.07, 6.45) is 3.14. The van der Waals surface area contributed by atoms with Crippen molar-refractivity contribution < 1.29 is 14.9 Å². The number of nitrogens with one attached hydrogen (secondary N) is 1. The molecule has 126 valence electrons. The van der Waals surface area contributed by atoms with Crippen LogP contribution in [0.1, 0.15) is 19.8 Å². The molecule has 3 N–H and O–H groups in total. The van der Waals surface area contributed by atoms with Crippen LogP contribution < -0.4 is 4.74 Å². The zero-order valence-corrected chi connectivity index (χ0v) is 13.6. The molecule has 0 radical (unpaired) electrons. The molecule has 1 fully saturated rings. The molecule has 2 heterocycles. The van der Waals surface area contributed by atoms with Crippen LogP contribution in [0.4, 0.5) is 0 Å². The number of benzene rings is 1. The Labute approximate surface area is 136 Å². The number of likely N-dealkylation sites (tertiary alicyclic amines) is 1. The minimum Gasteiger partial charge on any atom is -0.490 e. The third kappa shape index (κ3) is 4.05. The molecule has 2 aromatic rings. The van der Waals surface area contributed by atoms with Crippen LogP contribution >= 0.6 is 0 Å². The Hall–Kier alpha value is -1.56. The molecule has 1 aliphatic rings. The lowest BCUT2D eigenvalue weighted by Crippen LogP contribution is -2.42. The van der Waals surface area contributed by atoms with Crippen LogP contribution in [0.3, 0.4) is 0 Å². The molecule has 1 saturated heterocycles. The van der Waals surface area contributed by atoms with E-state index in [0.29, 0.717) is 19.1 Å². The van der Waals surface area contributed by atoms with Crippen LogP contribution in [-0.4, -0.2) is 58.5 Å². The van der Waals surface area contributed by atoms with Crippen molar-refractivity contribution in [3.8, 4) is 5.75 Å². The van der Waals surface area contributed by atoms with Gasteiger partial charge in [-0.1, -0.05) is 6.07 Å². The maximum atomic E-state index is 10.2. The standard InChI is InChI=1S/C18H26N2O3/c1-13(21)14-6-9-20(10-7-14)11-15(22)12-23-18-4-2-3-17-16(18)5-8-19-17/h2-5,8,13-15,19,21-22H,6-7,9-12H2,1H3. The van der Waals surface area contributed by atoms with Gasteiger partial charge >= 0.3 is 0 Å². The van der Waals surface area contributed by atoms with Gasteiger partial charge in [0.1, 0.15) is 18.5 Å². The molecule has 0 saturated carbocycles. The number of aromatic amines is 1. The Morgan fingerprint density at radius 2 is 2.04 bits per heavy atom. The van der Waals surface area contributed by atoms with E-state index in [2.05, 4.69) is 9.88 Å². The Morgan fingerprint density at radius 1 is 1.26 bits per heavy atom. The number of β-amino-alcohol motifs (C(OH)–C–C–N with tert-alkyl or cyclic N) is 1. The van der Waals surface area contributed by atoms with Crippen LogP contribution in [0.5, 0.6) is 5.75 Å². The average Bonchev–Trinajstić information content (AvgIpc) is 3.02. The van der Waals surface area contributed by atoms with Gasteiger partial charge in [0.2, 0.25) is 0 Å². The summed E-state index contributed by atoms with van der Waals surface area (Å²) in [5.74, 6) is 1.20. The first kappa shape index (κ1) is 16.3. The highest BCUT2D eigenvalue weighted by Gasteiger charge is 2.24. The number of fused-ring (bicyclic) bond motifs is 1. The van der Waals surface area contributed by atoms with Crippen LogP contribution in [0.15, 0.2) is 30.5 Å². The average molecular weight is 318 g/mol. The van der Waals surface area contributed by atoms with E-state index in [1.807, 2.05) is 37.4 Å². The molecular weight excluding hydrogens is 292 g/mol. The predicted octanol–water partition coefficient (Wildman–Crippen LogP) is 2.00. The van der Waals surface area contributed by atoms with Crippen molar-refractivity contribution in [3.05, 3.63) is 30.5 Å². The lowest BCUT2D eigenvalue weighted by atomic mass is 9.92. The molecule has 0 aliphatic carbocycles. The minimum atomic E-state index is -0.507. The van der Waals surface area contributed by atoms with Gasteiger partial charge in [0.05, 0.1) is 6.10 Å². The second-order valence-electron chi connectivity index (χ2n) is 6.54. The van der Waals surface area contributed by atoms with Gasteiger partial charge in [-0.2, -0.15) is 0 Å².